The van der Waals surface area contributed by atoms with Gasteiger partial charge in [0.05, 0.1) is 22.8 Å². The molecule has 1 unspecified atom stereocenters. The molecule has 0 spiro atoms. The summed E-state index contributed by atoms with van der Waals surface area (Å²) in [6, 6.07) is 13.8. The largest absolute Gasteiger partial charge is 0.508 e. The molecule has 3 aromatic heterocycles. The second-order valence-electron chi connectivity index (χ2n) is 8.18. The zero-order valence-electron chi connectivity index (χ0n) is 17.1. The number of nitrogens with one attached hydrogen (secondary N) is 2. The number of aromatic nitrogens is 4. The number of aliphatic hydroxyl groups is 2. The SMILES string of the molecule is OC1=CCC(O)(c2cc3cc4ccc(cc5nc(cc6nc(cc2[nH]3)C=C6)C=C5)[nH]4)C=C1. The number of aliphatic hydroxyl groups excluding tert-OH is 1. The number of nitrogens with zero attached hydrogens (tertiary/aromatic N) is 2. The minimum absolute atomic E-state index is 0.158. The standard InChI is InChI=1S/C26H20N4O2/c31-23-7-9-26(32,10-8-23)24-14-22-13-20-4-3-18(28-20)11-16-1-2-17(27-16)12-19-5-6-21(29-19)15-25(24)30-22/h1-9,11-15,28,30-32H,10H2. The first kappa shape index (κ1) is 18.6. The molecule has 0 radical (unpaired) electrons. The van der Waals surface area contributed by atoms with E-state index in [1.165, 1.54) is 6.08 Å². The van der Waals surface area contributed by atoms with Crippen molar-refractivity contribution in [3.8, 4) is 0 Å². The minimum Gasteiger partial charge on any atom is -0.508 e. The number of hydrogen-bond donors (Lipinski definition) is 4. The second-order valence-corrected chi connectivity index (χ2v) is 8.18. The summed E-state index contributed by atoms with van der Waals surface area (Å²) in [5.74, 6) is 0.158. The van der Waals surface area contributed by atoms with Crippen molar-refractivity contribution in [1.29, 1.82) is 0 Å². The Morgan fingerprint density at radius 2 is 1.38 bits per heavy atom. The van der Waals surface area contributed by atoms with Gasteiger partial charge in [0, 0.05) is 34.1 Å². The summed E-state index contributed by atoms with van der Waals surface area (Å²) in [5, 5.41) is 21.1. The first-order chi connectivity index (χ1) is 15.5. The van der Waals surface area contributed by atoms with Gasteiger partial charge in [-0.2, -0.15) is 0 Å². The summed E-state index contributed by atoms with van der Waals surface area (Å²) >= 11 is 0. The molecule has 1 atom stereocenters. The fraction of sp³-hybridized carbons (Fsp3) is 0.0769. The van der Waals surface area contributed by atoms with E-state index in [2.05, 4.69) is 15.0 Å². The molecule has 0 saturated carbocycles. The molecule has 0 saturated heterocycles. The summed E-state index contributed by atoms with van der Waals surface area (Å²) < 4.78 is 0. The van der Waals surface area contributed by atoms with Gasteiger partial charge in [0.25, 0.3) is 0 Å². The fourth-order valence-electron chi connectivity index (χ4n) is 4.20. The number of rotatable bonds is 1. The Morgan fingerprint density at radius 1 is 0.719 bits per heavy atom. The van der Waals surface area contributed by atoms with Gasteiger partial charge >= 0.3 is 0 Å². The highest BCUT2D eigenvalue weighted by molar-refractivity contribution is 5.78. The van der Waals surface area contributed by atoms with E-state index in [1.807, 2.05) is 66.8 Å². The van der Waals surface area contributed by atoms with Gasteiger partial charge in [0.15, 0.2) is 0 Å². The van der Waals surface area contributed by atoms with Crippen molar-refractivity contribution in [2.24, 2.45) is 0 Å². The number of hydrogen-bond acceptors (Lipinski definition) is 4. The predicted octanol–water partition coefficient (Wildman–Crippen LogP) is 5.25. The molecule has 6 heteroatoms. The lowest BCUT2D eigenvalue weighted by molar-refractivity contribution is 0.0910. The van der Waals surface area contributed by atoms with Gasteiger partial charge in [-0.3, -0.25) is 0 Å². The molecule has 6 rings (SSSR count). The third-order valence-corrected chi connectivity index (χ3v) is 5.79. The molecule has 0 aromatic carbocycles. The van der Waals surface area contributed by atoms with Gasteiger partial charge in [-0.1, -0.05) is 0 Å². The lowest BCUT2D eigenvalue weighted by atomic mass is 9.87. The van der Waals surface area contributed by atoms with Gasteiger partial charge < -0.3 is 20.2 Å². The predicted molar refractivity (Wildman–Crippen MR) is 127 cm³/mol. The number of fused-ring (bicyclic) bond motifs is 8. The maximum absolute atomic E-state index is 11.3. The van der Waals surface area contributed by atoms with Crippen LogP contribution in [0.1, 0.15) is 34.8 Å². The van der Waals surface area contributed by atoms with E-state index in [0.717, 1.165) is 50.4 Å². The van der Waals surface area contributed by atoms with E-state index in [1.54, 1.807) is 12.2 Å². The first-order valence-corrected chi connectivity index (χ1v) is 10.4. The van der Waals surface area contributed by atoms with Crippen LogP contribution in [0.25, 0.3) is 46.4 Å². The van der Waals surface area contributed by atoms with E-state index in [-0.39, 0.29) is 12.2 Å². The Balaban J connectivity index is 1.64. The molecule has 3 aliphatic rings. The van der Waals surface area contributed by atoms with Gasteiger partial charge in [0.1, 0.15) is 11.4 Å². The zero-order valence-corrected chi connectivity index (χ0v) is 17.1. The van der Waals surface area contributed by atoms with Crippen LogP contribution in [0.4, 0.5) is 0 Å². The third-order valence-electron chi connectivity index (χ3n) is 5.79. The van der Waals surface area contributed by atoms with Crippen molar-refractivity contribution in [2.45, 2.75) is 12.0 Å². The van der Waals surface area contributed by atoms with Crippen molar-refractivity contribution in [1.82, 2.24) is 19.9 Å². The van der Waals surface area contributed by atoms with Crippen LogP contribution in [0.15, 0.2) is 66.5 Å². The average molecular weight is 420 g/mol. The van der Waals surface area contributed by atoms with Crippen LogP contribution in [0, 0.1) is 0 Å². The van der Waals surface area contributed by atoms with E-state index < -0.39 is 5.60 Å². The normalized spacial score (nSPS) is 19.3. The number of allylic oxidation sites excluding steroid dienone is 1. The second kappa shape index (κ2) is 6.93. The van der Waals surface area contributed by atoms with Crippen LogP contribution in [-0.2, 0) is 5.60 Å². The van der Waals surface area contributed by atoms with Crippen molar-refractivity contribution in [2.75, 3.05) is 0 Å². The van der Waals surface area contributed by atoms with E-state index in [4.69, 9.17) is 4.98 Å². The summed E-state index contributed by atoms with van der Waals surface area (Å²) in [7, 11) is 0. The lowest BCUT2D eigenvalue weighted by Gasteiger charge is -2.25. The molecule has 6 nitrogen and oxygen atoms in total. The van der Waals surface area contributed by atoms with E-state index in [9.17, 15) is 10.2 Å². The Kier molecular flexibility index (Phi) is 4.03. The third kappa shape index (κ3) is 3.36. The summed E-state index contributed by atoms with van der Waals surface area (Å²) in [4.78, 5) is 16.1. The van der Waals surface area contributed by atoms with E-state index in [0.29, 0.717) is 0 Å². The van der Waals surface area contributed by atoms with Crippen LogP contribution in [0.3, 0.4) is 0 Å². The lowest BCUT2D eigenvalue weighted by Crippen LogP contribution is -2.23. The van der Waals surface area contributed by atoms with Crippen LogP contribution in [0.5, 0.6) is 0 Å². The van der Waals surface area contributed by atoms with Gasteiger partial charge in [-0.05, 0) is 85.0 Å². The molecule has 5 heterocycles. The topological polar surface area (TPSA) is 97.8 Å². The Hall–Kier alpha value is -4.16. The highest BCUT2D eigenvalue weighted by atomic mass is 16.3. The molecular weight excluding hydrogens is 400 g/mol. The summed E-state index contributed by atoms with van der Waals surface area (Å²) in [5.41, 5.74) is 6.32. The molecule has 32 heavy (non-hydrogen) atoms. The molecule has 3 aromatic rings. The Labute approximate surface area is 183 Å². The van der Waals surface area contributed by atoms with Crippen molar-refractivity contribution >= 4 is 46.4 Å². The monoisotopic (exact) mass is 420 g/mol. The molecule has 156 valence electrons. The molecule has 4 N–H and O–H groups in total. The molecule has 0 fully saturated rings. The highest BCUT2D eigenvalue weighted by Gasteiger charge is 2.30. The van der Waals surface area contributed by atoms with Crippen LogP contribution < -0.4 is 0 Å². The smallest absolute Gasteiger partial charge is 0.114 e. The van der Waals surface area contributed by atoms with Crippen molar-refractivity contribution < 1.29 is 10.2 Å². The van der Waals surface area contributed by atoms with E-state index >= 15 is 0 Å². The number of aromatic amines is 2. The highest BCUT2D eigenvalue weighted by Crippen LogP contribution is 2.35. The minimum atomic E-state index is -1.23. The molecule has 1 aliphatic carbocycles. The van der Waals surface area contributed by atoms with Crippen LogP contribution in [-0.4, -0.2) is 30.1 Å². The quantitative estimate of drug-likeness (QED) is 0.298. The first-order valence-electron chi connectivity index (χ1n) is 10.4. The van der Waals surface area contributed by atoms with Crippen LogP contribution in [0.2, 0.25) is 0 Å². The summed E-state index contributed by atoms with van der Waals surface area (Å²) in [6.07, 6.45) is 12.9. The fourth-order valence-corrected chi connectivity index (χ4v) is 4.20. The maximum Gasteiger partial charge on any atom is 0.114 e. The van der Waals surface area contributed by atoms with Gasteiger partial charge in [-0.25, -0.2) is 9.97 Å². The summed E-state index contributed by atoms with van der Waals surface area (Å²) in [6.45, 7) is 0. The Morgan fingerprint density at radius 3 is 2.06 bits per heavy atom. The molecule has 2 aliphatic heterocycles. The zero-order chi connectivity index (χ0) is 21.7. The van der Waals surface area contributed by atoms with Gasteiger partial charge in [-0.15, -0.1) is 0 Å². The molecule has 0 amide bonds. The average Bonchev–Trinajstić information content (AvgIpc) is 3.55. The maximum atomic E-state index is 11.3. The van der Waals surface area contributed by atoms with Crippen LogP contribution >= 0.6 is 0 Å². The number of H-pyrrole nitrogens is 2. The Bertz CT molecular complexity index is 1530. The van der Waals surface area contributed by atoms with Gasteiger partial charge in [0.2, 0.25) is 0 Å². The van der Waals surface area contributed by atoms with Crippen molar-refractivity contribution in [3.05, 3.63) is 94.8 Å². The molecular formula is C26H20N4O2. The van der Waals surface area contributed by atoms with Crippen molar-refractivity contribution in [3.63, 3.8) is 0 Å². The molecule has 8 bridgehead atoms.